The quantitative estimate of drug-likeness (QED) is 0.233. The molecule has 0 radical (unpaired) electrons. The van der Waals surface area contributed by atoms with Crippen LogP contribution in [0.15, 0.2) is 4.99 Å². The van der Waals surface area contributed by atoms with Gasteiger partial charge in [-0.15, -0.1) is 24.0 Å². The second-order valence-electron chi connectivity index (χ2n) is 8.28. The van der Waals surface area contributed by atoms with Gasteiger partial charge in [0.1, 0.15) is 0 Å². The average Bonchev–Trinajstić information content (AvgIpc) is 2.72. The summed E-state index contributed by atoms with van der Waals surface area (Å²) in [7, 11) is 0. The van der Waals surface area contributed by atoms with Crippen LogP contribution in [-0.4, -0.2) is 98.8 Å². The topological polar surface area (TPSA) is 81.2 Å². The summed E-state index contributed by atoms with van der Waals surface area (Å²) in [5.74, 6) is 1.04. The summed E-state index contributed by atoms with van der Waals surface area (Å²) in [5.41, 5.74) is 0. The Labute approximate surface area is 200 Å². The van der Waals surface area contributed by atoms with E-state index in [0.29, 0.717) is 24.7 Å². The highest BCUT2D eigenvalue weighted by Crippen LogP contribution is 2.12. The minimum atomic E-state index is 0. The van der Waals surface area contributed by atoms with E-state index < -0.39 is 0 Å². The number of likely N-dealkylation sites (tertiary alicyclic amines) is 1. The number of rotatable bonds is 9. The number of amides is 1. The number of aliphatic imine (C=N–C) groups is 1. The Bertz CT molecular complexity index is 514. The fourth-order valence-electron chi connectivity index (χ4n) is 4.00. The van der Waals surface area contributed by atoms with Crippen LogP contribution in [0.1, 0.15) is 47.0 Å². The van der Waals surface area contributed by atoms with E-state index >= 15 is 0 Å². The normalized spacial score (nSPS) is 22.8. The van der Waals surface area contributed by atoms with Crippen LogP contribution in [0, 0.1) is 0 Å². The van der Waals surface area contributed by atoms with Crippen molar-refractivity contribution >= 4 is 35.8 Å². The van der Waals surface area contributed by atoms with Gasteiger partial charge in [-0.1, -0.05) is 6.92 Å². The maximum absolute atomic E-state index is 11.9. The number of halogens is 1. The first-order chi connectivity index (χ1) is 14.0. The van der Waals surface area contributed by atoms with Gasteiger partial charge in [-0.05, 0) is 40.0 Å². The number of hydrogen-bond acceptors (Lipinski definition) is 5. The molecule has 0 aromatic rings. The number of nitrogens with one attached hydrogen (secondary N) is 3. The first-order valence-corrected chi connectivity index (χ1v) is 11.4. The van der Waals surface area contributed by atoms with E-state index in [0.717, 1.165) is 77.7 Å². The van der Waals surface area contributed by atoms with Crippen LogP contribution in [0.5, 0.6) is 0 Å². The number of guanidine groups is 1. The SMILES string of the molecule is CCCNC(=O)CN1CCC(NC(=NCC(C)N2CCOCC2C)NCC)CC1.I. The molecule has 2 saturated heterocycles. The molecular formula is C21H43IN6O2. The maximum atomic E-state index is 11.9. The summed E-state index contributed by atoms with van der Waals surface area (Å²) in [4.78, 5) is 21.5. The van der Waals surface area contributed by atoms with Gasteiger partial charge in [-0.25, -0.2) is 0 Å². The minimum absolute atomic E-state index is 0. The van der Waals surface area contributed by atoms with E-state index in [1.54, 1.807) is 0 Å². The molecule has 1 amide bonds. The molecule has 2 heterocycles. The summed E-state index contributed by atoms with van der Waals surface area (Å²) in [6, 6.07) is 1.25. The summed E-state index contributed by atoms with van der Waals surface area (Å²) in [6.07, 6.45) is 3.04. The van der Waals surface area contributed by atoms with Gasteiger partial charge < -0.3 is 20.7 Å². The Morgan fingerprint density at radius 3 is 2.57 bits per heavy atom. The third-order valence-electron chi connectivity index (χ3n) is 5.71. The largest absolute Gasteiger partial charge is 0.379 e. The molecule has 2 rings (SSSR count). The standard InChI is InChI=1S/C21H42N6O2.HI/c1-5-9-23-20(28)15-26-10-7-19(8-11-26)25-21(22-6-2)24-14-17(3)27-12-13-29-16-18(27)4;/h17-19H,5-16H2,1-4H3,(H,23,28)(H2,22,24,25);1H. The lowest BCUT2D eigenvalue weighted by Crippen LogP contribution is -2.51. The van der Waals surface area contributed by atoms with E-state index in [4.69, 9.17) is 9.73 Å². The van der Waals surface area contributed by atoms with Gasteiger partial charge in [0.05, 0.1) is 26.3 Å². The van der Waals surface area contributed by atoms with Gasteiger partial charge in [0.2, 0.25) is 5.91 Å². The predicted molar refractivity (Wildman–Crippen MR) is 134 cm³/mol. The highest BCUT2D eigenvalue weighted by Gasteiger charge is 2.24. The smallest absolute Gasteiger partial charge is 0.234 e. The molecule has 9 heteroatoms. The van der Waals surface area contributed by atoms with Gasteiger partial charge in [0.15, 0.2) is 5.96 Å². The lowest BCUT2D eigenvalue weighted by atomic mass is 10.1. The lowest BCUT2D eigenvalue weighted by molar-refractivity contribution is -0.122. The molecule has 2 atom stereocenters. The van der Waals surface area contributed by atoms with Crippen molar-refractivity contribution in [1.82, 2.24) is 25.8 Å². The highest BCUT2D eigenvalue weighted by atomic mass is 127. The van der Waals surface area contributed by atoms with Gasteiger partial charge >= 0.3 is 0 Å². The molecule has 0 aromatic heterocycles. The Hall–Kier alpha value is -0.650. The molecule has 0 aliphatic carbocycles. The minimum Gasteiger partial charge on any atom is -0.379 e. The fourth-order valence-corrected chi connectivity index (χ4v) is 4.00. The van der Waals surface area contributed by atoms with Crippen LogP contribution < -0.4 is 16.0 Å². The molecule has 0 bridgehead atoms. The van der Waals surface area contributed by atoms with Crippen LogP contribution in [0.4, 0.5) is 0 Å². The molecule has 3 N–H and O–H groups in total. The van der Waals surface area contributed by atoms with Crippen molar-refractivity contribution in [2.45, 2.75) is 65.1 Å². The van der Waals surface area contributed by atoms with E-state index in [9.17, 15) is 4.79 Å². The first kappa shape index (κ1) is 27.4. The predicted octanol–water partition coefficient (Wildman–Crippen LogP) is 1.26. The van der Waals surface area contributed by atoms with Gasteiger partial charge in [-0.3, -0.25) is 19.6 Å². The van der Waals surface area contributed by atoms with Crippen molar-refractivity contribution < 1.29 is 9.53 Å². The average molecular weight is 539 g/mol. The molecule has 2 aliphatic heterocycles. The Kier molecular flexibility index (Phi) is 13.9. The summed E-state index contributed by atoms with van der Waals surface area (Å²) in [6.45, 7) is 16.0. The van der Waals surface area contributed by atoms with Gasteiger partial charge in [0.25, 0.3) is 0 Å². The van der Waals surface area contributed by atoms with Gasteiger partial charge in [0, 0.05) is 50.8 Å². The Balaban J connectivity index is 0.00000450. The third kappa shape index (κ3) is 9.65. The van der Waals surface area contributed by atoms with Crippen LogP contribution in [-0.2, 0) is 9.53 Å². The molecule has 2 aliphatic rings. The van der Waals surface area contributed by atoms with E-state index in [-0.39, 0.29) is 29.9 Å². The molecule has 2 unspecified atom stereocenters. The van der Waals surface area contributed by atoms with E-state index in [2.05, 4.69) is 53.4 Å². The zero-order valence-electron chi connectivity index (χ0n) is 19.3. The Morgan fingerprint density at radius 2 is 1.93 bits per heavy atom. The van der Waals surface area contributed by atoms with Crippen LogP contribution in [0.2, 0.25) is 0 Å². The van der Waals surface area contributed by atoms with Crippen molar-refractivity contribution in [1.29, 1.82) is 0 Å². The maximum Gasteiger partial charge on any atom is 0.234 e. The molecule has 8 nitrogen and oxygen atoms in total. The molecule has 0 saturated carbocycles. The number of carbonyl (C=O) groups excluding carboxylic acids is 1. The summed E-state index contributed by atoms with van der Waals surface area (Å²) < 4.78 is 5.55. The molecular weight excluding hydrogens is 495 g/mol. The van der Waals surface area contributed by atoms with Crippen molar-refractivity contribution in [3.8, 4) is 0 Å². The zero-order chi connectivity index (χ0) is 21.1. The van der Waals surface area contributed by atoms with Crippen LogP contribution in [0.3, 0.4) is 0 Å². The van der Waals surface area contributed by atoms with E-state index in [1.807, 2.05) is 0 Å². The second kappa shape index (κ2) is 15.2. The fraction of sp³-hybridized carbons (Fsp3) is 0.905. The number of carbonyl (C=O) groups is 1. The Morgan fingerprint density at radius 1 is 1.20 bits per heavy atom. The number of morpholine rings is 1. The van der Waals surface area contributed by atoms with Crippen LogP contribution in [0.25, 0.3) is 0 Å². The molecule has 176 valence electrons. The number of ether oxygens (including phenoxy) is 1. The highest BCUT2D eigenvalue weighted by molar-refractivity contribution is 14.0. The lowest BCUT2D eigenvalue weighted by Gasteiger charge is -2.37. The van der Waals surface area contributed by atoms with Crippen molar-refractivity contribution in [2.24, 2.45) is 4.99 Å². The number of piperidine rings is 1. The molecule has 0 aromatic carbocycles. The summed E-state index contributed by atoms with van der Waals surface area (Å²) >= 11 is 0. The third-order valence-corrected chi connectivity index (χ3v) is 5.71. The first-order valence-electron chi connectivity index (χ1n) is 11.4. The van der Waals surface area contributed by atoms with Crippen molar-refractivity contribution in [3.05, 3.63) is 0 Å². The summed E-state index contributed by atoms with van der Waals surface area (Å²) in [5, 5.41) is 9.95. The zero-order valence-corrected chi connectivity index (χ0v) is 21.6. The molecule has 2 fully saturated rings. The van der Waals surface area contributed by atoms with E-state index in [1.165, 1.54) is 0 Å². The van der Waals surface area contributed by atoms with Crippen molar-refractivity contribution in [2.75, 3.05) is 59.0 Å². The van der Waals surface area contributed by atoms with Crippen molar-refractivity contribution in [3.63, 3.8) is 0 Å². The molecule has 30 heavy (non-hydrogen) atoms. The van der Waals surface area contributed by atoms with Gasteiger partial charge in [-0.2, -0.15) is 0 Å². The monoisotopic (exact) mass is 538 g/mol. The second-order valence-corrected chi connectivity index (χ2v) is 8.28. The molecule has 0 spiro atoms. The van der Waals surface area contributed by atoms with Crippen LogP contribution >= 0.6 is 24.0 Å². The number of nitrogens with zero attached hydrogens (tertiary/aromatic N) is 3. The number of hydrogen-bond donors (Lipinski definition) is 3.